The predicted molar refractivity (Wildman–Crippen MR) is 140 cm³/mol. The lowest BCUT2D eigenvalue weighted by atomic mass is 10.1. The van der Waals surface area contributed by atoms with Crippen LogP contribution in [0.4, 0.5) is 10.5 Å². The van der Waals surface area contributed by atoms with Gasteiger partial charge in [0, 0.05) is 30.0 Å². The third-order valence-corrected chi connectivity index (χ3v) is 5.43. The predicted octanol–water partition coefficient (Wildman–Crippen LogP) is 5.01. The molecule has 184 valence electrons. The molecule has 0 bridgehead atoms. The lowest BCUT2D eigenvalue weighted by Crippen LogP contribution is -2.34. The lowest BCUT2D eigenvalue weighted by molar-refractivity contribution is 0.0951. The normalized spacial score (nSPS) is 10.7. The van der Waals surface area contributed by atoms with Crippen LogP contribution in [0.1, 0.15) is 29.8 Å². The number of anilines is 1. The monoisotopic (exact) mass is 483 g/mol. The zero-order chi connectivity index (χ0) is 25.5. The van der Waals surface area contributed by atoms with Crippen LogP contribution < -0.4 is 20.7 Å². The number of methoxy groups -OCH3 is 1. The molecule has 36 heavy (non-hydrogen) atoms. The van der Waals surface area contributed by atoms with E-state index in [-0.39, 0.29) is 18.0 Å². The van der Waals surface area contributed by atoms with E-state index in [1.807, 2.05) is 80.6 Å². The van der Waals surface area contributed by atoms with Gasteiger partial charge in [-0.05, 0) is 67.9 Å². The van der Waals surface area contributed by atoms with Gasteiger partial charge in [0.25, 0.3) is 5.91 Å². The van der Waals surface area contributed by atoms with Gasteiger partial charge in [-0.15, -0.1) is 0 Å². The Kier molecular flexibility index (Phi) is 7.65. The highest BCUT2D eigenvalue weighted by Crippen LogP contribution is 2.26. The highest BCUT2D eigenvalue weighted by Gasteiger charge is 2.19. The minimum atomic E-state index is -0.257. The van der Waals surface area contributed by atoms with Crippen molar-refractivity contribution in [2.75, 3.05) is 12.4 Å². The Morgan fingerprint density at radius 3 is 2.28 bits per heavy atom. The molecule has 3 aromatic carbocycles. The number of hydrogen-bond acceptors (Lipinski definition) is 4. The van der Waals surface area contributed by atoms with Gasteiger partial charge in [-0.1, -0.05) is 30.3 Å². The topological polar surface area (TPSA) is 97.3 Å². The number of hydrogen-bond donors (Lipinski definition) is 3. The Balaban J connectivity index is 1.51. The fourth-order valence-corrected chi connectivity index (χ4v) is 3.63. The molecule has 0 fully saturated rings. The fourth-order valence-electron chi connectivity index (χ4n) is 3.63. The summed E-state index contributed by atoms with van der Waals surface area (Å²) in [6.45, 7) is 4.12. The zero-order valence-electron chi connectivity index (χ0n) is 20.5. The molecule has 1 aromatic heterocycles. The van der Waals surface area contributed by atoms with Crippen LogP contribution in [0, 0.1) is 0 Å². The van der Waals surface area contributed by atoms with Crippen LogP contribution >= 0.6 is 0 Å². The van der Waals surface area contributed by atoms with Gasteiger partial charge in [0.15, 0.2) is 0 Å². The minimum absolute atomic E-state index is 0.0496. The van der Waals surface area contributed by atoms with E-state index in [1.165, 1.54) is 0 Å². The third kappa shape index (κ3) is 6.09. The van der Waals surface area contributed by atoms with Crippen molar-refractivity contribution >= 4 is 17.6 Å². The summed E-state index contributed by atoms with van der Waals surface area (Å²) in [5.74, 6) is 0.494. The molecule has 0 saturated heterocycles. The number of rotatable bonds is 8. The van der Waals surface area contributed by atoms with E-state index in [2.05, 4.69) is 16.0 Å². The summed E-state index contributed by atoms with van der Waals surface area (Å²) in [5.41, 5.74) is 4.29. The number of para-hydroxylation sites is 1. The first-order valence-electron chi connectivity index (χ1n) is 11.7. The summed E-state index contributed by atoms with van der Waals surface area (Å²) in [4.78, 5) is 25.1. The van der Waals surface area contributed by atoms with Gasteiger partial charge in [-0.3, -0.25) is 4.79 Å². The van der Waals surface area contributed by atoms with Crippen LogP contribution in [0.5, 0.6) is 5.75 Å². The molecule has 4 rings (SSSR count). The summed E-state index contributed by atoms with van der Waals surface area (Å²) < 4.78 is 6.97. The molecule has 0 atom stereocenters. The second-order valence-corrected chi connectivity index (χ2v) is 8.53. The molecule has 8 heteroatoms. The number of nitrogens with one attached hydrogen (secondary N) is 3. The number of nitrogens with zero attached hydrogens (tertiary/aromatic N) is 2. The van der Waals surface area contributed by atoms with E-state index >= 15 is 0 Å². The highest BCUT2D eigenvalue weighted by molar-refractivity contribution is 6.00. The third-order valence-electron chi connectivity index (χ3n) is 5.43. The van der Waals surface area contributed by atoms with E-state index in [0.29, 0.717) is 23.5 Å². The number of aromatic nitrogens is 2. The average molecular weight is 484 g/mol. The van der Waals surface area contributed by atoms with Gasteiger partial charge in [-0.2, -0.15) is 5.10 Å². The van der Waals surface area contributed by atoms with Gasteiger partial charge >= 0.3 is 6.03 Å². The van der Waals surface area contributed by atoms with Crippen LogP contribution in [0.25, 0.3) is 16.9 Å². The number of urea groups is 1. The van der Waals surface area contributed by atoms with Crippen LogP contribution in [0.3, 0.4) is 0 Å². The standard InChI is InChI=1S/C28H29N5O3/c1-19(2)30-28(35)31-22-13-9-20(10-14-22)17-29-27(34)25-18-33(23-7-5-4-6-8-23)32-26(25)21-11-15-24(36-3)16-12-21/h4-16,18-19H,17H2,1-3H3,(H,29,34)(H2,30,31,35). The van der Waals surface area contributed by atoms with Crippen molar-refractivity contribution < 1.29 is 14.3 Å². The molecular weight excluding hydrogens is 454 g/mol. The van der Waals surface area contributed by atoms with Crippen molar-refractivity contribution in [3.8, 4) is 22.7 Å². The first-order valence-corrected chi connectivity index (χ1v) is 11.7. The molecule has 0 aliphatic heterocycles. The van der Waals surface area contributed by atoms with Crippen LogP contribution in [-0.4, -0.2) is 34.9 Å². The molecule has 0 radical (unpaired) electrons. The Morgan fingerprint density at radius 2 is 1.64 bits per heavy atom. The molecule has 0 unspecified atom stereocenters. The van der Waals surface area contributed by atoms with Crippen molar-refractivity contribution in [1.82, 2.24) is 20.4 Å². The van der Waals surface area contributed by atoms with Gasteiger partial charge in [0.2, 0.25) is 0 Å². The smallest absolute Gasteiger partial charge is 0.319 e. The summed E-state index contributed by atoms with van der Waals surface area (Å²) in [6.07, 6.45) is 1.74. The van der Waals surface area contributed by atoms with Crippen LogP contribution in [-0.2, 0) is 6.54 Å². The Labute approximate surface area is 210 Å². The van der Waals surface area contributed by atoms with Gasteiger partial charge < -0.3 is 20.7 Å². The second-order valence-electron chi connectivity index (χ2n) is 8.53. The van der Waals surface area contributed by atoms with Crippen LogP contribution in [0.15, 0.2) is 85.1 Å². The average Bonchev–Trinajstić information content (AvgIpc) is 3.34. The second kappa shape index (κ2) is 11.2. The lowest BCUT2D eigenvalue weighted by Gasteiger charge is -2.11. The maximum Gasteiger partial charge on any atom is 0.319 e. The Morgan fingerprint density at radius 1 is 0.944 bits per heavy atom. The van der Waals surface area contributed by atoms with Crippen molar-refractivity contribution in [3.05, 3.63) is 96.2 Å². The molecule has 0 aliphatic rings. The van der Waals surface area contributed by atoms with Crippen molar-refractivity contribution in [3.63, 3.8) is 0 Å². The number of carbonyl (C=O) groups excluding carboxylic acids is 2. The fraction of sp³-hybridized carbons (Fsp3) is 0.179. The van der Waals surface area contributed by atoms with Crippen molar-refractivity contribution in [2.45, 2.75) is 26.4 Å². The Bertz CT molecular complexity index is 1310. The Hall–Kier alpha value is -4.59. The minimum Gasteiger partial charge on any atom is -0.497 e. The molecule has 1 heterocycles. The molecule has 0 saturated carbocycles. The number of ether oxygens (including phenoxy) is 1. The first kappa shape index (κ1) is 24.5. The molecule has 3 amide bonds. The quantitative estimate of drug-likeness (QED) is 0.328. The van der Waals surface area contributed by atoms with Crippen molar-refractivity contribution in [1.29, 1.82) is 0 Å². The van der Waals surface area contributed by atoms with Gasteiger partial charge in [-0.25, -0.2) is 9.48 Å². The summed E-state index contributed by atoms with van der Waals surface area (Å²) in [6, 6.07) is 24.2. The molecular formula is C28H29N5O3. The van der Waals surface area contributed by atoms with Gasteiger partial charge in [0.05, 0.1) is 18.4 Å². The summed E-state index contributed by atoms with van der Waals surface area (Å²) in [5, 5.41) is 13.3. The van der Waals surface area contributed by atoms with E-state index in [4.69, 9.17) is 9.84 Å². The number of benzene rings is 3. The van der Waals surface area contributed by atoms with E-state index in [0.717, 1.165) is 22.6 Å². The molecule has 4 aromatic rings. The maximum absolute atomic E-state index is 13.2. The molecule has 8 nitrogen and oxygen atoms in total. The van der Waals surface area contributed by atoms with Crippen molar-refractivity contribution in [2.24, 2.45) is 0 Å². The number of amides is 3. The maximum atomic E-state index is 13.2. The van der Waals surface area contributed by atoms with Crippen LogP contribution in [0.2, 0.25) is 0 Å². The van der Waals surface area contributed by atoms with E-state index < -0.39 is 0 Å². The summed E-state index contributed by atoms with van der Waals surface area (Å²) in [7, 11) is 1.61. The molecule has 0 aliphatic carbocycles. The SMILES string of the molecule is COc1ccc(-c2nn(-c3ccccc3)cc2C(=O)NCc2ccc(NC(=O)NC(C)C)cc2)cc1. The highest BCUT2D eigenvalue weighted by atomic mass is 16.5. The summed E-state index contributed by atoms with van der Waals surface area (Å²) >= 11 is 0. The first-order chi connectivity index (χ1) is 17.4. The van der Waals surface area contributed by atoms with E-state index in [9.17, 15) is 9.59 Å². The van der Waals surface area contributed by atoms with Gasteiger partial charge in [0.1, 0.15) is 11.4 Å². The molecule has 3 N–H and O–H groups in total. The van der Waals surface area contributed by atoms with E-state index in [1.54, 1.807) is 30.1 Å². The zero-order valence-corrected chi connectivity index (χ0v) is 20.5. The number of carbonyl (C=O) groups is 2. The largest absolute Gasteiger partial charge is 0.497 e. The molecule has 0 spiro atoms.